The van der Waals surface area contributed by atoms with Crippen molar-refractivity contribution in [1.29, 1.82) is 0 Å². The number of hydrogen-bond acceptors (Lipinski definition) is 7. The number of carbonyl (C=O) groups is 2. The quantitative estimate of drug-likeness (QED) is 0.0926. The second-order valence-electron chi connectivity index (χ2n) is 7.37. The summed E-state index contributed by atoms with van der Waals surface area (Å²) in [5, 5.41) is 16.7. The number of halogens is 1. The minimum absolute atomic E-state index is 0.162. The Morgan fingerprint density at radius 2 is 1.66 bits per heavy atom. The smallest absolute Gasteiger partial charge is 0.352 e. The number of ketones is 1. The van der Waals surface area contributed by atoms with Crippen LogP contribution >= 0.6 is 11.6 Å². The molecule has 0 saturated carbocycles. The van der Waals surface area contributed by atoms with Gasteiger partial charge in [-0.3, -0.25) is 4.79 Å². The molecule has 0 saturated heterocycles. The van der Waals surface area contributed by atoms with E-state index in [4.69, 9.17) is 25.9 Å². The third kappa shape index (κ3) is 7.12. The zero-order chi connectivity index (χ0) is 23.7. The maximum absolute atomic E-state index is 12.5. The topological polar surface area (TPSA) is 104 Å². The van der Waals surface area contributed by atoms with E-state index in [-0.39, 0.29) is 10.8 Å². The number of hydrogen-bond donors (Lipinski definition) is 0. The molecule has 172 valence electrons. The summed E-state index contributed by atoms with van der Waals surface area (Å²) in [6, 6.07) is 13.0. The van der Waals surface area contributed by atoms with E-state index >= 15 is 0 Å². The van der Waals surface area contributed by atoms with Crippen molar-refractivity contribution in [3.8, 4) is 5.75 Å². The first kappa shape index (κ1) is 24.9. The molecule has 2 rings (SSSR count). The average molecular weight is 464 g/mol. The van der Waals surface area contributed by atoms with Crippen LogP contribution in [0.3, 0.4) is 0 Å². The molecule has 0 heterocycles. The minimum Gasteiger partial charge on any atom is -0.569 e. The molecule has 10 heteroatoms. The van der Waals surface area contributed by atoms with Crippen molar-refractivity contribution in [2.45, 2.75) is 32.8 Å². The van der Waals surface area contributed by atoms with Crippen molar-refractivity contribution >= 4 is 23.4 Å². The van der Waals surface area contributed by atoms with E-state index in [9.17, 15) is 14.8 Å². The molecule has 0 fully saturated rings. The van der Waals surface area contributed by atoms with Gasteiger partial charge in [-0.2, -0.15) is 0 Å². The number of hydrazine groups is 1. The molecule has 2 aromatic carbocycles. The Bertz CT molecular complexity index is 945. The Morgan fingerprint density at radius 3 is 2.22 bits per heavy atom. The number of ether oxygens (including phenoxy) is 2. The number of nitrogens with zero attached hydrogens (tertiary/aromatic N) is 3. The Morgan fingerprint density at radius 1 is 1.09 bits per heavy atom. The van der Waals surface area contributed by atoms with Gasteiger partial charge in [0, 0.05) is 16.1 Å². The SMILES string of the molecule is CCCN(C)/[N+]([O-])=N/OCOC(=O)C(C)(C)Oc1ccc(C(=O)c2ccc(Cl)cc2)cc1. The second kappa shape index (κ2) is 11.3. The molecule has 0 aliphatic carbocycles. The van der Waals surface area contributed by atoms with Gasteiger partial charge in [0.1, 0.15) is 5.75 Å². The second-order valence-corrected chi connectivity index (χ2v) is 7.80. The zero-order valence-electron chi connectivity index (χ0n) is 18.4. The minimum atomic E-state index is -1.35. The molecule has 0 unspecified atom stereocenters. The van der Waals surface area contributed by atoms with Crippen molar-refractivity contribution < 1.29 is 28.9 Å². The van der Waals surface area contributed by atoms with Crippen LogP contribution in [-0.2, 0) is 14.4 Å². The summed E-state index contributed by atoms with van der Waals surface area (Å²) in [7, 11) is 1.56. The fraction of sp³-hybridized carbons (Fsp3) is 0.364. The van der Waals surface area contributed by atoms with Crippen LogP contribution in [0.25, 0.3) is 0 Å². The maximum atomic E-state index is 12.5. The third-order valence-electron chi connectivity index (χ3n) is 4.30. The van der Waals surface area contributed by atoms with Gasteiger partial charge in [0.15, 0.2) is 11.4 Å². The van der Waals surface area contributed by atoms with Crippen LogP contribution in [0.2, 0.25) is 5.02 Å². The van der Waals surface area contributed by atoms with E-state index in [1.807, 2.05) is 6.92 Å². The summed E-state index contributed by atoms with van der Waals surface area (Å²) < 4.78 is 10.7. The fourth-order valence-electron chi connectivity index (χ4n) is 2.58. The van der Waals surface area contributed by atoms with Crippen molar-refractivity contribution in [2.24, 2.45) is 5.28 Å². The highest BCUT2D eigenvalue weighted by Gasteiger charge is 2.32. The molecule has 0 aliphatic rings. The summed E-state index contributed by atoms with van der Waals surface area (Å²) in [6.45, 7) is 4.92. The van der Waals surface area contributed by atoms with Gasteiger partial charge in [0.25, 0.3) is 6.79 Å². The van der Waals surface area contributed by atoms with Gasteiger partial charge in [-0.1, -0.05) is 18.5 Å². The number of rotatable bonds is 11. The van der Waals surface area contributed by atoms with Crippen LogP contribution in [-0.4, -0.2) is 47.7 Å². The number of benzene rings is 2. The first-order valence-corrected chi connectivity index (χ1v) is 10.3. The fourth-order valence-corrected chi connectivity index (χ4v) is 2.70. The largest absolute Gasteiger partial charge is 0.569 e. The Labute approximate surface area is 191 Å². The lowest BCUT2D eigenvalue weighted by molar-refractivity contribution is -0.706. The van der Waals surface area contributed by atoms with Crippen LogP contribution in [0.4, 0.5) is 0 Å². The highest BCUT2D eigenvalue weighted by molar-refractivity contribution is 6.30. The van der Waals surface area contributed by atoms with E-state index < -0.39 is 18.4 Å². The summed E-state index contributed by atoms with van der Waals surface area (Å²) in [6.07, 6.45) is 0.765. The molecule has 0 aromatic heterocycles. The molecule has 0 atom stereocenters. The molecular weight excluding hydrogens is 438 g/mol. The van der Waals surface area contributed by atoms with Gasteiger partial charge in [-0.15, -0.1) is 5.01 Å². The standard InChI is InChI=1S/C22H26ClN3O6/c1-5-14-25(4)26(29)24-31-15-30-21(28)22(2,3)32-19-12-8-17(9-13-19)20(27)16-6-10-18(23)11-7-16/h6-13H,5,14-15H2,1-4H3/b26-24-. The molecule has 0 bridgehead atoms. The van der Waals surface area contributed by atoms with Crippen molar-refractivity contribution in [3.05, 3.63) is 69.9 Å². The zero-order valence-corrected chi connectivity index (χ0v) is 19.2. The first-order chi connectivity index (χ1) is 15.1. The summed E-state index contributed by atoms with van der Waals surface area (Å²) in [5.41, 5.74) is -0.374. The molecular formula is C22H26ClN3O6. The molecule has 9 nitrogen and oxygen atoms in total. The van der Waals surface area contributed by atoms with Gasteiger partial charge >= 0.3 is 5.97 Å². The lowest BCUT2D eigenvalue weighted by atomic mass is 10.0. The normalized spacial score (nSPS) is 11.6. The molecule has 0 aliphatic heterocycles. The highest BCUT2D eigenvalue weighted by Crippen LogP contribution is 2.22. The number of esters is 1. The average Bonchev–Trinajstić information content (AvgIpc) is 2.76. The van der Waals surface area contributed by atoms with Crippen molar-refractivity contribution in [2.75, 3.05) is 20.4 Å². The van der Waals surface area contributed by atoms with Gasteiger partial charge in [0.05, 0.1) is 18.6 Å². The van der Waals surface area contributed by atoms with E-state index in [1.54, 1.807) is 55.6 Å². The molecule has 0 N–H and O–H groups in total. The lowest BCUT2D eigenvalue weighted by Gasteiger charge is -2.23. The van der Waals surface area contributed by atoms with Gasteiger partial charge in [-0.25, -0.2) is 4.79 Å². The van der Waals surface area contributed by atoms with Crippen LogP contribution in [0, 0.1) is 5.21 Å². The molecule has 32 heavy (non-hydrogen) atoms. The monoisotopic (exact) mass is 463 g/mol. The molecule has 0 spiro atoms. The van der Waals surface area contributed by atoms with Gasteiger partial charge < -0.3 is 19.5 Å². The third-order valence-corrected chi connectivity index (χ3v) is 4.55. The first-order valence-electron chi connectivity index (χ1n) is 9.92. The van der Waals surface area contributed by atoms with E-state index in [0.29, 0.717) is 28.4 Å². The maximum Gasteiger partial charge on any atom is 0.352 e. The molecule has 0 amide bonds. The molecule has 0 radical (unpaired) electrons. The Kier molecular flexibility index (Phi) is 8.83. The van der Waals surface area contributed by atoms with Gasteiger partial charge in [-0.05, 0) is 68.8 Å². The van der Waals surface area contributed by atoms with Crippen LogP contribution in [0.1, 0.15) is 43.1 Å². The van der Waals surface area contributed by atoms with Crippen molar-refractivity contribution in [1.82, 2.24) is 5.01 Å². The number of carbonyl (C=O) groups excluding carboxylic acids is 2. The Balaban J connectivity index is 1.90. The summed E-state index contributed by atoms with van der Waals surface area (Å²) >= 11 is 5.85. The molecule has 2 aromatic rings. The van der Waals surface area contributed by atoms with Crippen LogP contribution in [0.15, 0.2) is 53.8 Å². The summed E-state index contributed by atoms with van der Waals surface area (Å²) in [5.74, 6) is -0.504. The van der Waals surface area contributed by atoms with E-state index in [0.717, 1.165) is 6.42 Å². The van der Waals surface area contributed by atoms with E-state index in [1.165, 1.54) is 18.9 Å². The van der Waals surface area contributed by atoms with Crippen molar-refractivity contribution in [3.63, 3.8) is 0 Å². The predicted molar refractivity (Wildman–Crippen MR) is 117 cm³/mol. The van der Waals surface area contributed by atoms with E-state index in [2.05, 4.69) is 5.28 Å². The summed E-state index contributed by atoms with van der Waals surface area (Å²) in [4.78, 5) is 29.8. The predicted octanol–water partition coefficient (Wildman–Crippen LogP) is 4.38. The van der Waals surface area contributed by atoms with Gasteiger partial charge in [0.2, 0.25) is 5.28 Å². The Hall–Kier alpha value is -3.33. The van der Waals surface area contributed by atoms with Crippen LogP contribution in [0.5, 0.6) is 5.75 Å². The van der Waals surface area contributed by atoms with Crippen LogP contribution < -0.4 is 4.74 Å². The highest BCUT2D eigenvalue weighted by atomic mass is 35.5. The lowest BCUT2D eigenvalue weighted by Crippen LogP contribution is -2.40.